The van der Waals surface area contributed by atoms with Gasteiger partial charge in [-0.05, 0) is 25.0 Å². The van der Waals surface area contributed by atoms with Gasteiger partial charge in [0.25, 0.3) is 0 Å². The molecule has 0 bridgehead atoms. The second-order valence-electron chi connectivity index (χ2n) is 5.43. The van der Waals surface area contributed by atoms with Crippen molar-refractivity contribution >= 4 is 56.9 Å². The lowest BCUT2D eigenvalue weighted by atomic mass is 10.0. The lowest BCUT2D eigenvalue weighted by Gasteiger charge is -2.22. The van der Waals surface area contributed by atoms with Crippen molar-refractivity contribution < 1.29 is 0 Å². The van der Waals surface area contributed by atoms with Crippen LogP contribution in [0.5, 0.6) is 0 Å². The Hall–Kier alpha value is -3.36. The minimum atomic E-state index is 0.241. The Morgan fingerprint density at radius 2 is 0.652 bits per heavy atom. The summed E-state index contributed by atoms with van der Waals surface area (Å²) in [4.78, 5) is 0. The molecule has 0 aliphatic carbocycles. The maximum Gasteiger partial charge on any atom is 0.0895 e. The van der Waals surface area contributed by atoms with Crippen molar-refractivity contribution in [1.29, 1.82) is 0 Å². The number of nitrogens with two attached hydrogens (primary N) is 8. The van der Waals surface area contributed by atoms with Gasteiger partial charge in [-0.2, -0.15) is 0 Å². The number of hydrogen-bond acceptors (Lipinski definition) is 9. The van der Waals surface area contributed by atoms with Gasteiger partial charge < -0.3 is 51.2 Å². The van der Waals surface area contributed by atoms with Gasteiger partial charge in [0.1, 0.15) is 0 Å². The Bertz CT molecular complexity index is 685. The smallest absolute Gasteiger partial charge is 0.0895 e. The highest BCUT2D eigenvalue weighted by atomic mass is 15.0. The fraction of sp³-hybridized carbons (Fsp3) is 0.143. The molecule has 0 aromatic heterocycles. The Kier molecular flexibility index (Phi) is 3.57. The molecule has 0 fully saturated rings. The molecule has 9 nitrogen and oxygen atoms in total. The fourth-order valence-electron chi connectivity index (χ4n) is 2.32. The number of nitrogens with one attached hydrogen (secondary N) is 1. The molecule has 0 amide bonds. The lowest BCUT2D eigenvalue weighted by molar-refractivity contribution is 1.43. The van der Waals surface area contributed by atoms with E-state index in [1.165, 1.54) is 0 Å². The van der Waals surface area contributed by atoms with E-state index < -0.39 is 0 Å². The number of benzene rings is 2. The van der Waals surface area contributed by atoms with Crippen LogP contribution in [0.2, 0.25) is 0 Å². The normalized spacial score (nSPS) is 10.7. The molecule has 0 unspecified atom stereocenters. The summed E-state index contributed by atoms with van der Waals surface area (Å²) in [7, 11) is 0. The van der Waals surface area contributed by atoms with E-state index in [4.69, 9.17) is 45.9 Å². The Morgan fingerprint density at radius 3 is 0.870 bits per heavy atom. The molecular weight excluding hydrogens is 294 g/mol. The highest BCUT2D eigenvalue weighted by molar-refractivity contribution is 6.05. The van der Waals surface area contributed by atoms with Crippen molar-refractivity contribution in [2.24, 2.45) is 0 Å². The minimum Gasteiger partial charge on any atom is -0.397 e. The van der Waals surface area contributed by atoms with Crippen molar-refractivity contribution in [3.63, 3.8) is 0 Å². The molecular formula is C14H23N9. The maximum atomic E-state index is 6.04. The summed E-state index contributed by atoms with van der Waals surface area (Å²) in [5, 5.41) is 2.97. The first-order chi connectivity index (χ1) is 10.6. The Morgan fingerprint density at radius 1 is 0.435 bits per heavy atom. The van der Waals surface area contributed by atoms with Gasteiger partial charge >= 0.3 is 0 Å². The molecule has 0 atom stereocenters. The van der Waals surface area contributed by atoms with Gasteiger partial charge in [0, 0.05) is 0 Å². The summed E-state index contributed by atoms with van der Waals surface area (Å²) in [6.45, 7) is 3.46. The zero-order chi connectivity index (χ0) is 17.6. The van der Waals surface area contributed by atoms with Crippen LogP contribution in [-0.2, 0) is 0 Å². The third-order valence-corrected chi connectivity index (χ3v) is 4.10. The maximum absolute atomic E-state index is 6.04. The molecule has 2 aromatic carbocycles. The molecule has 17 N–H and O–H groups in total. The minimum absolute atomic E-state index is 0.241. The Labute approximate surface area is 133 Å². The van der Waals surface area contributed by atoms with Crippen molar-refractivity contribution in [2.75, 3.05) is 51.2 Å². The van der Waals surface area contributed by atoms with Gasteiger partial charge in [-0.25, -0.2) is 0 Å². The predicted molar refractivity (Wildman–Crippen MR) is 101 cm³/mol. The van der Waals surface area contributed by atoms with E-state index in [1.54, 1.807) is 13.8 Å². The summed E-state index contributed by atoms with van der Waals surface area (Å²) in [6, 6.07) is 0. The topological polar surface area (TPSA) is 220 Å². The zero-order valence-electron chi connectivity index (χ0n) is 13.1. The molecule has 124 valence electrons. The van der Waals surface area contributed by atoms with E-state index in [9.17, 15) is 0 Å². The molecule has 0 aliphatic heterocycles. The first kappa shape index (κ1) is 16.0. The van der Waals surface area contributed by atoms with E-state index in [0.29, 0.717) is 45.3 Å². The molecule has 23 heavy (non-hydrogen) atoms. The van der Waals surface area contributed by atoms with Crippen molar-refractivity contribution in [3.05, 3.63) is 11.1 Å². The van der Waals surface area contributed by atoms with E-state index in [-0.39, 0.29) is 22.7 Å². The van der Waals surface area contributed by atoms with Crippen LogP contribution in [0, 0.1) is 13.8 Å². The third kappa shape index (κ3) is 2.18. The molecule has 0 spiro atoms. The van der Waals surface area contributed by atoms with Crippen molar-refractivity contribution in [2.45, 2.75) is 13.8 Å². The number of anilines is 10. The summed E-state index contributed by atoms with van der Waals surface area (Å²) in [5.41, 5.74) is 52.1. The average molecular weight is 317 g/mol. The van der Waals surface area contributed by atoms with E-state index in [0.717, 1.165) is 0 Å². The molecule has 0 radical (unpaired) electrons. The van der Waals surface area contributed by atoms with E-state index in [2.05, 4.69) is 5.32 Å². The highest BCUT2D eigenvalue weighted by Crippen LogP contribution is 2.46. The van der Waals surface area contributed by atoms with Gasteiger partial charge in [0.2, 0.25) is 0 Å². The van der Waals surface area contributed by atoms with Crippen LogP contribution in [0.4, 0.5) is 56.9 Å². The molecule has 0 saturated heterocycles. The highest BCUT2D eigenvalue weighted by Gasteiger charge is 2.20. The second-order valence-corrected chi connectivity index (χ2v) is 5.43. The van der Waals surface area contributed by atoms with Crippen LogP contribution >= 0.6 is 0 Å². The van der Waals surface area contributed by atoms with Gasteiger partial charge in [0.15, 0.2) is 0 Å². The van der Waals surface area contributed by atoms with Crippen LogP contribution < -0.4 is 51.2 Å². The SMILES string of the molecule is Cc1c(N)c(N)c(Nc2c(N)c(N)c(C)c(N)c2N)c(N)c1N. The van der Waals surface area contributed by atoms with Gasteiger partial charge in [-0.15, -0.1) is 0 Å². The average Bonchev–Trinajstić information content (AvgIpc) is 2.54. The van der Waals surface area contributed by atoms with Gasteiger partial charge in [-0.3, -0.25) is 0 Å². The van der Waals surface area contributed by atoms with Crippen LogP contribution in [0.1, 0.15) is 11.1 Å². The first-order valence-corrected chi connectivity index (χ1v) is 6.81. The largest absolute Gasteiger partial charge is 0.397 e. The van der Waals surface area contributed by atoms with Crippen LogP contribution in [0.25, 0.3) is 0 Å². The van der Waals surface area contributed by atoms with E-state index in [1.807, 2.05) is 0 Å². The Balaban J connectivity index is 2.71. The van der Waals surface area contributed by atoms with Crippen LogP contribution in [0.3, 0.4) is 0 Å². The number of nitrogen functional groups attached to an aromatic ring is 8. The third-order valence-electron chi connectivity index (χ3n) is 4.10. The lowest BCUT2D eigenvalue weighted by Crippen LogP contribution is -2.13. The van der Waals surface area contributed by atoms with Gasteiger partial charge in [-0.1, -0.05) is 0 Å². The standard InChI is InChI=1S/C14H23N9/c1-3-5(15)9(19)13(10(20)6(3)16)23-14-11(21)7(17)4(2)8(18)12(14)22/h23H,15-22H2,1-2H3. The molecule has 9 heteroatoms. The van der Waals surface area contributed by atoms with E-state index >= 15 is 0 Å². The van der Waals surface area contributed by atoms with Crippen molar-refractivity contribution in [3.8, 4) is 0 Å². The molecule has 2 aromatic rings. The number of rotatable bonds is 2. The molecule has 0 saturated carbocycles. The molecule has 2 rings (SSSR count). The second kappa shape index (κ2) is 5.13. The fourth-order valence-corrected chi connectivity index (χ4v) is 2.32. The van der Waals surface area contributed by atoms with Crippen molar-refractivity contribution in [1.82, 2.24) is 0 Å². The first-order valence-electron chi connectivity index (χ1n) is 6.81. The summed E-state index contributed by atoms with van der Waals surface area (Å²) in [6.07, 6.45) is 0. The van der Waals surface area contributed by atoms with Gasteiger partial charge in [0.05, 0.1) is 56.9 Å². The summed E-state index contributed by atoms with van der Waals surface area (Å²) >= 11 is 0. The quantitative estimate of drug-likeness (QED) is 0.355. The number of hydrogen-bond donors (Lipinski definition) is 9. The monoisotopic (exact) mass is 317 g/mol. The van der Waals surface area contributed by atoms with Crippen LogP contribution in [0.15, 0.2) is 0 Å². The summed E-state index contributed by atoms with van der Waals surface area (Å²) in [5.74, 6) is 0. The van der Waals surface area contributed by atoms with Crippen LogP contribution in [-0.4, -0.2) is 0 Å². The predicted octanol–water partition coefficient (Wildman–Crippen LogP) is 0.705. The molecule has 0 heterocycles. The zero-order valence-corrected chi connectivity index (χ0v) is 13.1. The molecule has 0 aliphatic rings. The summed E-state index contributed by atoms with van der Waals surface area (Å²) < 4.78 is 0.